The Labute approximate surface area is 183 Å². The van der Waals surface area contributed by atoms with E-state index in [2.05, 4.69) is 19.2 Å². The van der Waals surface area contributed by atoms with Gasteiger partial charge in [-0.25, -0.2) is 0 Å². The van der Waals surface area contributed by atoms with Crippen LogP contribution in [0.1, 0.15) is 51.5 Å². The van der Waals surface area contributed by atoms with Crippen molar-refractivity contribution in [2.75, 3.05) is 5.32 Å². The van der Waals surface area contributed by atoms with E-state index in [1.54, 1.807) is 0 Å². The number of fused-ring (bicyclic) bond motifs is 1. The quantitative estimate of drug-likeness (QED) is 0.460. The molecule has 3 aromatic carbocycles. The van der Waals surface area contributed by atoms with Crippen molar-refractivity contribution in [1.82, 2.24) is 0 Å². The van der Waals surface area contributed by atoms with Crippen molar-refractivity contribution >= 4 is 34.0 Å². The number of halogens is 1. The molecule has 1 unspecified atom stereocenters. The molecule has 1 fully saturated rings. The first-order valence-corrected chi connectivity index (χ1v) is 11.2. The number of rotatable bonds is 6. The number of anilines is 1. The van der Waals surface area contributed by atoms with Crippen LogP contribution in [-0.4, -0.2) is 12.0 Å². The zero-order valence-electron chi connectivity index (χ0n) is 17.6. The molecule has 0 heterocycles. The molecule has 0 spiro atoms. The number of amides is 1. The highest BCUT2D eigenvalue weighted by Gasteiger charge is 2.44. The molecule has 0 aliphatic heterocycles. The number of carbonyl (C=O) groups is 1. The largest absolute Gasteiger partial charge is 0.490 e. The van der Waals surface area contributed by atoms with Gasteiger partial charge in [-0.1, -0.05) is 73.8 Å². The molecule has 1 amide bonds. The van der Waals surface area contributed by atoms with Crippen LogP contribution in [0.15, 0.2) is 60.7 Å². The average molecular weight is 422 g/mol. The van der Waals surface area contributed by atoms with Crippen molar-refractivity contribution in [3.05, 3.63) is 71.2 Å². The number of hydrogen-bond donors (Lipinski definition) is 1. The van der Waals surface area contributed by atoms with Gasteiger partial charge in [0.05, 0.1) is 11.5 Å². The maximum atomic E-state index is 13.6. The molecule has 0 radical (unpaired) electrons. The molecule has 4 heteroatoms. The lowest BCUT2D eigenvalue weighted by atomic mass is 9.77. The van der Waals surface area contributed by atoms with E-state index in [0.29, 0.717) is 5.02 Å². The molecule has 0 aromatic heterocycles. The molecule has 1 N–H and O–H groups in total. The number of hydrogen-bond acceptors (Lipinski definition) is 2. The minimum absolute atomic E-state index is 0.0221. The van der Waals surface area contributed by atoms with Crippen LogP contribution in [-0.2, 0) is 10.2 Å². The van der Waals surface area contributed by atoms with Gasteiger partial charge in [0.2, 0.25) is 5.91 Å². The predicted octanol–water partition coefficient (Wildman–Crippen LogP) is 7.12. The molecule has 30 heavy (non-hydrogen) atoms. The van der Waals surface area contributed by atoms with Crippen molar-refractivity contribution in [3.63, 3.8) is 0 Å². The van der Waals surface area contributed by atoms with Gasteiger partial charge >= 0.3 is 0 Å². The molecule has 0 saturated heterocycles. The van der Waals surface area contributed by atoms with E-state index in [0.717, 1.165) is 59.9 Å². The topological polar surface area (TPSA) is 38.3 Å². The zero-order valence-corrected chi connectivity index (χ0v) is 18.3. The molecule has 1 aliphatic carbocycles. The first-order chi connectivity index (χ1) is 14.5. The Balaban J connectivity index is 1.71. The molecule has 1 aliphatic rings. The number of benzene rings is 3. The summed E-state index contributed by atoms with van der Waals surface area (Å²) in [6.07, 6.45) is 4.76. The summed E-state index contributed by atoms with van der Waals surface area (Å²) in [4.78, 5) is 13.6. The summed E-state index contributed by atoms with van der Waals surface area (Å²) in [6, 6.07) is 19.7. The Morgan fingerprint density at radius 1 is 1.03 bits per heavy atom. The summed E-state index contributed by atoms with van der Waals surface area (Å²) in [5.74, 6) is 0.869. The van der Waals surface area contributed by atoms with Gasteiger partial charge in [0.15, 0.2) is 0 Å². The summed E-state index contributed by atoms with van der Waals surface area (Å²) < 4.78 is 6.11. The molecule has 4 rings (SSSR count). The van der Waals surface area contributed by atoms with Gasteiger partial charge in [-0.15, -0.1) is 0 Å². The van der Waals surface area contributed by atoms with Crippen LogP contribution in [0, 0.1) is 0 Å². The SMILES string of the molecule is CCC(C)Oc1ccc(NC(=O)C2(c3ccccc3Cl)CCCC2)c2ccccc12. The van der Waals surface area contributed by atoms with Crippen LogP contribution >= 0.6 is 11.6 Å². The fourth-order valence-corrected chi connectivity index (χ4v) is 4.79. The van der Waals surface area contributed by atoms with Gasteiger partial charge in [-0.3, -0.25) is 4.79 Å². The van der Waals surface area contributed by atoms with Crippen LogP contribution in [0.5, 0.6) is 5.75 Å². The Morgan fingerprint density at radius 2 is 1.70 bits per heavy atom. The highest BCUT2D eigenvalue weighted by molar-refractivity contribution is 6.32. The van der Waals surface area contributed by atoms with Crippen molar-refractivity contribution < 1.29 is 9.53 Å². The molecule has 0 bridgehead atoms. The molecule has 1 saturated carbocycles. The third-order valence-corrected chi connectivity index (χ3v) is 6.65. The molecular formula is C26H28ClNO2. The van der Waals surface area contributed by atoms with E-state index in [9.17, 15) is 4.79 Å². The maximum Gasteiger partial charge on any atom is 0.235 e. The normalized spacial score (nSPS) is 16.4. The lowest BCUT2D eigenvalue weighted by Gasteiger charge is -2.29. The monoisotopic (exact) mass is 421 g/mol. The van der Waals surface area contributed by atoms with Crippen LogP contribution in [0.3, 0.4) is 0 Å². The van der Waals surface area contributed by atoms with Gasteiger partial charge in [0, 0.05) is 21.5 Å². The summed E-state index contributed by atoms with van der Waals surface area (Å²) in [5, 5.41) is 5.89. The molecule has 1 atom stereocenters. The molecule has 3 nitrogen and oxygen atoms in total. The zero-order chi connectivity index (χ0) is 21.1. The Bertz CT molecular complexity index is 1060. The third-order valence-electron chi connectivity index (χ3n) is 6.32. The van der Waals surface area contributed by atoms with Crippen LogP contribution in [0.25, 0.3) is 10.8 Å². The maximum absolute atomic E-state index is 13.6. The van der Waals surface area contributed by atoms with Crippen molar-refractivity contribution in [2.45, 2.75) is 57.5 Å². The molecule has 156 valence electrons. The van der Waals surface area contributed by atoms with E-state index in [4.69, 9.17) is 16.3 Å². The Morgan fingerprint density at radius 3 is 2.40 bits per heavy atom. The van der Waals surface area contributed by atoms with Crippen molar-refractivity contribution in [2.24, 2.45) is 0 Å². The van der Waals surface area contributed by atoms with E-state index in [1.165, 1.54) is 0 Å². The van der Waals surface area contributed by atoms with E-state index < -0.39 is 5.41 Å². The minimum Gasteiger partial charge on any atom is -0.490 e. The highest BCUT2D eigenvalue weighted by Crippen LogP contribution is 2.45. The van der Waals surface area contributed by atoms with E-state index in [1.807, 2.05) is 60.7 Å². The van der Waals surface area contributed by atoms with E-state index in [-0.39, 0.29) is 12.0 Å². The van der Waals surface area contributed by atoms with Gasteiger partial charge < -0.3 is 10.1 Å². The van der Waals surface area contributed by atoms with Crippen LogP contribution in [0.2, 0.25) is 5.02 Å². The Kier molecular flexibility index (Phi) is 6.01. The molecule has 3 aromatic rings. The smallest absolute Gasteiger partial charge is 0.235 e. The summed E-state index contributed by atoms with van der Waals surface area (Å²) in [5.41, 5.74) is 1.17. The first kappa shape index (κ1) is 20.7. The minimum atomic E-state index is -0.578. The van der Waals surface area contributed by atoms with Gasteiger partial charge in [-0.2, -0.15) is 0 Å². The number of ether oxygens (including phenoxy) is 1. The molecular weight excluding hydrogens is 394 g/mol. The summed E-state index contributed by atoms with van der Waals surface area (Å²) in [7, 11) is 0. The second-order valence-electron chi connectivity index (χ2n) is 8.22. The van der Waals surface area contributed by atoms with Crippen molar-refractivity contribution in [1.29, 1.82) is 0 Å². The first-order valence-electron chi connectivity index (χ1n) is 10.8. The van der Waals surface area contributed by atoms with Gasteiger partial charge in [-0.05, 0) is 49.9 Å². The lowest BCUT2D eigenvalue weighted by Crippen LogP contribution is -2.38. The third kappa shape index (κ3) is 3.79. The van der Waals surface area contributed by atoms with Gasteiger partial charge in [0.1, 0.15) is 5.75 Å². The second kappa shape index (κ2) is 8.69. The number of nitrogens with one attached hydrogen (secondary N) is 1. The highest BCUT2D eigenvalue weighted by atomic mass is 35.5. The van der Waals surface area contributed by atoms with Crippen LogP contribution < -0.4 is 10.1 Å². The van der Waals surface area contributed by atoms with Gasteiger partial charge in [0.25, 0.3) is 0 Å². The fraction of sp³-hybridized carbons (Fsp3) is 0.346. The fourth-order valence-electron chi connectivity index (χ4n) is 4.47. The predicted molar refractivity (Wildman–Crippen MR) is 125 cm³/mol. The Hall–Kier alpha value is -2.52. The second-order valence-corrected chi connectivity index (χ2v) is 8.62. The standard InChI is InChI=1S/C26H28ClNO2/c1-3-18(2)30-24-15-14-23(19-10-4-5-11-20(19)24)28-25(29)26(16-8-9-17-26)21-12-6-7-13-22(21)27/h4-7,10-15,18H,3,8-9,16-17H2,1-2H3,(H,28,29). The number of carbonyl (C=O) groups excluding carboxylic acids is 1. The van der Waals surface area contributed by atoms with E-state index >= 15 is 0 Å². The average Bonchev–Trinajstić information content (AvgIpc) is 3.26. The van der Waals surface area contributed by atoms with Crippen LogP contribution in [0.4, 0.5) is 5.69 Å². The summed E-state index contributed by atoms with van der Waals surface area (Å²) >= 11 is 6.52. The summed E-state index contributed by atoms with van der Waals surface area (Å²) in [6.45, 7) is 4.18. The van der Waals surface area contributed by atoms with Crippen molar-refractivity contribution in [3.8, 4) is 5.75 Å². The lowest BCUT2D eigenvalue weighted by molar-refractivity contribution is -0.121.